The van der Waals surface area contributed by atoms with E-state index in [2.05, 4.69) is 0 Å². The van der Waals surface area contributed by atoms with E-state index < -0.39 is 0 Å². The number of carbonyl (C=O) groups is 1. The first-order valence-electron chi connectivity index (χ1n) is 6.03. The van der Waals surface area contributed by atoms with Crippen molar-refractivity contribution in [2.75, 3.05) is 0 Å². The van der Waals surface area contributed by atoms with Crippen LogP contribution in [0.4, 0.5) is 0 Å². The molecule has 0 aliphatic rings. The molecule has 0 saturated heterocycles. The molecule has 4 heteroatoms. The number of aromatic hydroxyl groups is 2. The molecule has 4 nitrogen and oxygen atoms in total. The normalized spacial score (nSPS) is 10.7. The van der Waals surface area contributed by atoms with Crippen molar-refractivity contribution in [2.45, 2.75) is 6.92 Å². The summed E-state index contributed by atoms with van der Waals surface area (Å²) in [7, 11) is 0. The highest BCUT2D eigenvalue weighted by atomic mass is 16.5. The van der Waals surface area contributed by atoms with Crippen LogP contribution in [0.5, 0.6) is 17.2 Å². The predicted molar refractivity (Wildman–Crippen MR) is 76.5 cm³/mol. The summed E-state index contributed by atoms with van der Waals surface area (Å²) in [5.74, 6) is -0.157. The van der Waals surface area contributed by atoms with Crippen molar-refractivity contribution in [3.63, 3.8) is 0 Å². The van der Waals surface area contributed by atoms with Gasteiger partial charge >= 0.3 is 5.97 Å². The van der Waals surface area contributed by atoms with Gasteiger partial charge in [0, 0.05) is 6.92 Å². The molecule has 20 heavy (non-hydrogen) atoms. The van der Waals surface area contributed by atoms with Gasteiger partial charge in [0.25, 0.3) is 0 Å². The fourth-order valence-electron chi connectivity index (χ4n) is 1.65. The number of ether oxygens (including phenoxy) is 1. The van der Waals surface area contributed by atoms with E-state index in [4.69, 9.17) is 4.74 Å². The first-order chi connectivity index (χ1) is 9.54. The maximum Gasteiger partial charge on any atom is 0.308 e. The van der Waals surface area contributed by atoms with Gasteiger partial charge in [-0.25, -0.2) is 0 Å². The van der Waals surface area contributed by atoms with Crippen LogP contribution in [0.15, 0.2) is 42.5 Å². The number of phenols is 2. The van der Waals surface area contributed by atoms with Gasteiger partial charge in [-0.05, 0) is 35.4 Å². The van der Waals surface area contributed by atoms with Gasteiger partial charge in [-0.3, -0.25) is 4.79 Å². The third kappa shape index (κ3) is 3.62. The minimum Gasteiger partial charge on any atom is -0.504 e. The lowest BCUT2D eigenvalue weighted by atomic mass is 10.1. The smallest absolute Gasteiger partial charge is 0.308 e. The summed E-state index contributed by atoms with van der Waals surface area (Å²) in [6.07, 6.45) is 3.66. The highest BCUT2D eigenvalue weighted by molar-refractivity contribution is 5.72. The van der Waals surface area contributed by atoms with E-state index in [1.807, 2.05) is 18.2 Å². The van der Waals surface area contributed by atoms with E-state index >= 15 is 0 Å². The maximum atomic E-state index is 10.8. The number of benzene rings is 2. The Morgan fingerprint density at radius 2 is 1.55 bits per heavy atom. The van der Waals surface area contributed by atoms with E-state index in [0.717, 1.165) is 11.1 Å². The van der Waals surface area contributed by atoms with Crippen LogP contribution >= 0.6 is 0 Å². The molecule has 2 N–H and O–H groups in total. The molecule has 2 aromatic carbocycles. The Balaban J connectivity index is 2.10. The van der Waals surface area contributed by atoms with Gasteiger partial charge in [0.05, 0.1) is 0 Å². The average molecular weight is 270 g/mol. The Bertz CT molecular complexity index is 642. The number of carbonyl (C=O) groups excluding carboxylic acids is 1. The van der Waals surface area contributed by atoms with Crippen molar-refractivity contribution in [2.24, 2.45) is 0 Å². The highest BCUT2D eigenvalue weighted by Gasteiger charge is 1.99. The molecule has 2 aromatic rings. The lowest BCUT2D eigenvalue weighted by molar-refractivity contribution is -0.131. The fraction of sp³-hybridized carbons (Fsp3) is 0.0625. The number of hydrogen-bond acceptors (Lipinski definition) is 4. The van der Waals surface area contributed by atoms with Crippen LogP contribution in [0.2, 0.25) is 0 Å². The summed E-state index contributed by atoms with van der Waals surface area (Å²) in [4.78, 5) is 10.8. The molecule has 0 fully saturated rings. The molecule has 0 bridgehead atoms. The van der Waals surface area contributed by atoms with Gasteiger partial charge in [0.1, 0.15) is 5.75 Å². The largest absolute Gasteiger partial charge is 0.504 e. The topological polar surface area (TPSA) is 66.8 Å². The van der Waals surface area contributed by atoms with Crippen molar-refractivity contribution in [1.82, 2.24) is 0 Å². The van der Waals surface area contributed by atoms with Gasteiger partial charge in [-0.2, -0.15) is 0 Å². The minimum absolute atomic E-state index is 0.145. The molecule has 0 aromatic heterocycles. The van der Waals surface area contributed by atoms with Crippen LogP contribution in [-0.2, 0) is 4.79 Å². The second-order valence-corrected chi connectivity index (χ2v) is 4.24. The lowest BCUT2D eigenvalue weighted by Gasteiger charge is -2.01. The van der Waals surface area contributed by atoms with Crippen LogP contribution in [0.25, 0.3) is 12.2 Å². The summed E-state index contributed by atoms with van der Waals surface area (Å²) in [5.41, 5.74) is 1.69. The zero-order valence-electron chi connectivity index (χ0n) is 10.9. The molecule has 102 valence electrons. The summed E-state index contributed by atoms with van der Waals surface area (Å²) >= 11 is 0. The average Bonchev–Trinajstić information content (AvgIpc) is 2.41. The van der Waals surface area contributed by atoms with Crippen LogP contribution in [0.3, 0.4) is 0 Å². The zero-order valence-corrected chi connectivity index (χ0v) is 10.9. The molecule has 0 heterocycles. The molecule has 0 amide bonds. The minimum atomic E-state index is -0.354. The van der Waals surface area contributed by atoms with E-state index in [-0.39, 0.29) is 17.5 Å². The van der Waals surface area contributed by atoms with Crippen molar-refractivity contribution in [3.8, 4) is 17.2 Å². The number of rotatable bonds is 3. The quantitative estimate of drug-likeness (QED) is 0.389. The Kier molecular flexibility index (Phi) is 4.05. The summed E-state index contributed by atoms with van der Waals surface area (Å²) in [5, 5.41) is 18.6. The van der Waals surface area contributed by atoms with Crippen molar-refractivity contribution in [3.05, 3.63) is 53.6 Å². The summed E-state index contributed by atoms with van der Waals surface area (Å²) in [6.45, 7) is 1.35. The molecular weight excluding hydrogens is 256 g/mol. The van der Waals surface area contributed by atoms with E-state index in [0.29, 0.717) is 5.75 Å². The van der Waals surface area contributed by atoms with E-state index in [1.165, 1.54) is 19.1 Å². The molecule has 0 radical (unpaired) electrons. The Labute approximate surface area is 116 Å². The zero-order chi connectivity index (χ0) is 14.5. The van der Waals surface area contributed by atoms with Gasteiger partial charge < -0.3 is 14.9 Å². The molecule has 0 aliphatic carbocycles. The third-order valence-electron chi connectivity index (χ3n) is 2.61. The summed E-state index contributed by atoms with van der Waals surface area (Å²) < 4.78 is 4.94. The molecule has 0 atom stereocenters. The van der Waals surface area contributed by atoms with Crippen LogP contribution in [-0.4, -0.2) is 16.2 Å². The maximum absolute atomic E-state index is 10.8. The molecule has 0 saturated carbocycles. The molecule has 0 spiro atoms. The highest BCUT2D eigenvalue weighted by Crippen LogP contribution is 2.25. The van der Waals surface area contributed by atoms with Crippen molar-refractivity contribution in [1.29, 1.82) is 0 Å². The molecular formula is C16H14O4. The van der Waals surface area contributed by atoms with Crippen molar-refractivity contribution < 1.29 is 19.7 Å². The van der Waals surface area contributed by atoms with E-state index in [1.54, 1.807) is 24.3 Å². The fourth-order valence-corrected chi connectivity index (χ4v) is 1.65. The van der Waals surface area contributed by atoms with Crippen LogP contribution in [0.1, 0.15) is 18.1 Å². The number of hydrogen-bond donors (Lipinski definition) is 2. The molecule has 0 aliphatic heterocycles. The standard InChI is InChI=1S/C16H14O4/c1-11(17)20-14-7-4-12(5-8-14)2-3-13-6-9-15(18)16(19)10-13/h2-10,18-19H,1H3/b3-2+. The second-order valence-electron chi connectivity index (χ2n) is 4.24. The van der Waals surface area contributed by atoms with Gasteiger partial charge in [0.2, 0.25) is 0 Å². The van der Waals surface area contributed by atoms with Gasteiger partial charge in [-0.1, -0.05) is 30.4 Å². The second kappa shape index (κ2) is 5.93. The Hall–Kier alpha value is -2.75. The van der Waals surface area contributed by atoms with Gasteiger partial charge in [-0.15, -0.1) is 0 Å². The monoisotopic (exact) mass is 270 g/mol. The molecule has 2 rings (SSSR count). The number of phenolic OH excluding ortho intramolecular Hbond substituents is 2. The molecule has 0 unspecified atom stereocenters. The summed E-state index contributed by atoms with van der Waals surface area (Å²) in [6, 6.07) is 11.6. The van der Waals surface area contributed by atoms with Crippen LogP contribution in [0, 0.1) is 0 Å². The SMILES string of the molecule is CC(=O)Oc1ccc(/C=C/c2ccc(O)c(O)c2)cc1. The van der Waals surface area contributed by atoms with E-state index in [9.17, 15) is 15.0 Å². The first-order valence-corrected chi connectivity index (χ1v) is 6.03. The van der Waals surface area contributed by atoms with Gasteiger partial charge in [0.15, 0.2) is 11.5 Å². The Morgan fingerprint density at radius 3 is 2.15 bits per heavy atom. The predicted octanol–water partition coefficient (Wildman–Crippen LogP) is 3.19. The van der Waals surface area contributed by atoms with Crippen LogP contribution < -0.4 is 4.74 Å². The first kappa shape index (κ1) is 13.7. The third-order valence-corrected chi connectivity index (χ3v) is 2.61. The lowest BCUT2D eigenvalue weighted by Crippen LogP contribution is -2.00. The van der Waals surface area contributed by atoms with Crippen molar-refractivity contribution >= 4 is 18.1 Å². The number of esters is 1. The Morgan fingerprint density at radius 1 is 0.950 bits per heavy atom.